The van der Waals surface area contributed by atoms with Crippen LogP contribution in [0.5, 0.6) is 0 Å². The fourth-order valence-electron chi connectivity index (χ4n) is 2.67. The van der Waals surface area contributed by atoms with Gasteiger partial charge in [-0.2, -0.15) is 0 Å². The van der Waals surface area contributed by atoms with E-state index in [-0.39, 0.29) is 0 Å². The molecular weight excluding hydrogens is 184 g/mol. The second-order valence-corrected chi connectivity index (χ2v) is 5.52. The summed E-state index contributed by atoms with van der Waals surface area (Å²) in [5.41, 5.74) is 0.422. The van der Waals surface area contributed by atoms with E-state index in [9.17, 15) is 0 Å². The fourth-order valence-corrected chi connectivity index (χ4v) is 2.67. The number of hydrogen-bond acceptors (Lipinski definition) is 2. The van der Waals surface area contributed by atoms with Crippen molar-refractivity contribution in [1.82, 2.24) is 10.2 Å². The van der Waals surface area contributed by atoms with Gasteiger partial charge in [-0.3, -0.25) is 4.90 Å². The van der Waals surface area contributed by atoms with Crippen molar-refractivity contribution in [2.75, 3.05) is 19.6 Å². The molecule has 1 atom stereocenters. The molecule has 0 spiro atoms. The molecule has 0 saturated carbocycles. The maximum Gasteiger partial charge on any atom is 0.0197 e. The van der Waals surface area contributed by atoms with Crippen molar-refractivity contribution in [1.29, 1.82) is 0 Å². The monoisotopic (exact) mass is 212 g/mol. The number of rotatable bonds is 6. The topological polar surface area (TPSA) is 15.3 Å². The van der Waals surface area contributed by atoms with Gasteiger partial charge in [-0.1, -0.05) is 13.3 Å². The molecule has 0 aliphatic carbocycles. The summed E-state index contributed by atoms with van der Waals surface area (Å²) in [6.45, 7) is 13.0. The van der Waals surface area contributed by atoms with Crippen molar-refractivity contribution in [2.45, 2.75) is 65.0 Å². The molecule has 0 amide bonds. The first-order chi connectivity index (χ1) is 7.08. The van der Waals surface area contributed by atoms with Gasteiger partial charge in [0.2, 0.25) is 0 Å². The lowest BCUT2D eigenvalue weighted by Crippen LogP contribution is -2.48. The molecule has 0 aromatic carbocycles. The molecule has 0 radical (unpaired) electrons. The van der Waals surface area contributed by atoms with Crippen LogP contribution in [-0.2, 0) is 0 Å². The summed E-state index contributed by atoms with van der Waals surface area (Å²) in [5.74, 6) is 0. The zero-order chi connectivity index (χ0) is 11.3. The standard InChI is InChI=1S/C13H28N2/c1-5-6-9-14-11-12(2)15-10-7-8-13(15,3)4/h12,14H,5-11H2,1-4H3. The van der Waals surface area contributed by atoms with Crippen LogP contribution in [0.3, 0.4) is 0 Å². The summed E-state index contributed by atoms with van der Waals surface area (Å²) in [5, 5.41) is 3.56. The molecule has 1 aliphatic rings. The van der Waals surface area contributed by atoms with Gasteiger partial charge in [0.1, 0.15) is 0 Å². The van der Waals surface area contributed by atoms with Gasteiger partial charge in [-0.05, 0) is 53.1 Å². The van der Waals surface area contributed by atoms with Crippen LogP contribution in [0.25, 0.3) is 0 Å². The van der Waals surface area contributed by atoms with E-state index < -0.39 is 0 Å². The van der Waals surface area contributed by atoms with Crippen LogP contribution in [0, 0.1) is 0 Å². The lowest BCUT2D eigenvalue weighted by Gasteiger charge is -2.36. The van der Waals surface area contributed by atoms with Crippen LogP contribution in [0.1, 0.15) is 53.4 Å². The largest absolute Gasteiger partial charge is 0.315 e. The van der Waals surface area contributed by atoms with E-state index in [1.165, 1.54) is 38.8 Å². The molecule has 1 rings (SSSR count). The molecule has 1 N–H and O–H groups in total. The Morgan fingerprint density at radius 1 is 1.40 bits per heavy atom. The third-order valence-electron chi connectivity index (χ3n) is 3.64. The summed E-state index contributed by atoms with van der Waals surface area (Å²) in [4.78, 5) is 2.66. The van der Waals surface area contributed by atoms with Gasteiger partial charge in [-0.15, -0.1) is 0 Å². The van der Waals surface area contributed by atoms with Gasteiger partial charge in [0.15, 0.2) is 0 Å². The highest BCUT2D eigenvalue weighted by Gasteiger charge is 2.34. The number of nitrogens with one attached hydrogen (secondary N) is 1. The SMILES string of the molecule is CCCCNCC(C)N1CCCC1(C)C. The third kappa shape index (κ3) is 3.76. The minimum absolute atomic E-state index is 0.422. The highest BCUT2D eigenvalue weighted by Crippen LogP contribution is 2.29. The zero-order valence-corrected chi connectivity index (χ0v) is 11.0. The highest BCUT2D eigenvalue weighted by atomic mass is 15.2. The normalized spacial score (nSPS) is 23.2. The Morgan fingerprint density at radius 3 is 2.67 bits per heavy atom. The van der Waals surface area contributed by atoms with Gasteiger partial charge in [-0.25, -0.2) is 0 Å². The Bertz CT molecular complexity index is 177. The van der Waals surface area contributed by atoms with Crippen molar-refractivity contribution in [3.05, 3.63) is 0 Å². The molecule has 1 saturated heterocycles. The maximum absolute atomic E-state index is 3.56. The van der Waals surface area contributed by atoms with Crippen molar-refractivity contribution in [2.24, 2.45) is 0 Å². The average Bonchev–Trinajstić information content (AvgIpc) is 2.52. The molecule has 1 unspecified atom stereocenters. The van der Waals surface area contributed by atoms with Crippen LogP contribution in [0.15, 0.2) is 0 Å². The van der Waals surface area contributed by atoms with Gasteiger partial charge < -0.3 is 5.32 Å². The van der Waals surface area contributed by atoms with Crippen molar-refractivity contribution < 1.29 is 0 Å². The molecule has 0 aromatic heterocycles. The molecule has 0 bridgehead atoms. The van der Waals surface area contributed by atoms with Crippen LogP contribution >= 0.6 is 0 Å². The minimum atomic E-state index is 0.422. The predicted molar refractivity (Wildman–Crippen MR) is 67.3 cm³/mol. The van der Waals surface area contributed by atoms with E-state index in [4.69, 9.17) is 0 Å². The number of likely N-dealkylation sites (tertiary alicyclic amines) is 1. The van der Waals surface area contributed by atoms with Gasteiger partial charge >= 0.3 is 0 Å². The van der Waals surface area contributed by atoms with Crippen molar-refractivity contribution in [3.63, 3.8) is 0 Å². The summed E-state index contributed by atoms with van der Waals surface area (Å²) in [6.07, 6.45) is 5.31. The summed E-state index contributed by atoms with van der Waals surface area (Å²) in [7, 11) is 0. The number of hydrogen-bond donors (Lipinski definition) is 1. The fraction of sp³-hybridized carbons (Fsp3) is 1.00. The molecule has 0 aromatic rings. The van der Waals surface area contributed by atoms with E-state index in [0.29, 0.717) is 11.6 Å². The lowest BCUT2D eigenvalue weighted by atomic mass is 10.0. The predicted octanol–water partition coefficient (Wildman–Crippen LogP) is 2.64. The van der Waals surface area contributed by atoms with Crippen LogP contribution in [0.4, 0.5) is 0 Å². The van der Waals surface area contributed by atoms with Gasteiger partial charge in [0.25, 0.3) is 0 Å². The quantitative estimate of drug-likeness (QED) is 0.681. The highest BCUT2D eigenvalue weighted by molar-refractivity contribution is 4.91. The van der Waals surface area contributed by atoms with E-state index >= 15 is 0 Å². The first kappa shape index (κ1) is 13.0. The molecule has 1 aliphatic heterocycles. The molecule has 2 heteroatoms. The Labute approximate surface area is 95.4 Å². The molecule has 15 heavy (non-hydrogen) atoms. The Kier molecular flexibility index (Phi) is 5.07. The first-order valence-electron chi connectivity index (χ1n) is 6.55. The summed E-state index contributed by atoms with van der Waals surface area (Å²) < 4.78 is 0. The molecule has 1 fully saturated rings. The van der Waals surface area contributed by atoms with Crippen molar-refractivity contribution >= 4 is 0 Å². The summed E-state index contributed by atoms with van der Waals surface area (Å²) >= 11 is 0. The lowest BCUT2D eigenvalue weighted by molar-refractivity contribution is 0.123. The third-order valence-corrected chi connectivity index (χ3v) is 3.64. The van der Waals surface area contributed by atoms with Crippen LogP contribution < -0.4 is 5.32 Å². The first-order valence-corrected chi connectivity index (χ1v) is 6.55. The average molecular weight is 212 g/mol. The van der Waals surface area contributed by atoms with Crippen LogP contribution in [0.2, 0.25) is 0 Å². The van der Waals surface area contributed by atoms with E-state index in [1.54, 1.807) is 0 Å². The van der Waals surface area contributed by atoms with E-state index in [1.807, 2.05) is 0 Å². The number of nitrogens with zero attached hydrogens (tertiary/aromatic N) is 1. The smallest absolute Gasteiger partial charge is 0.0197 e. The molecule has 90 valence electrons. The second kappa shape index (κ2) is 5.86. The van der Waals surface area contributed by atoms with Gasteiger partial charge in [0, 0.05) is 18.1 Å². The molecule has 1 heterocycles. The summed E-state index contributed by atoms with van der Waals surface area (Å²) in [6, 6.07) is 0.680. The number of unbranched alkanes of at least 4 members (excludes halogenated alkanes) is 1. The zero-order valence-electron chi connectivity index (χ0n) is 11.0. The Morgan fingerprint density at radius 2 is 2.13 bits per heavy atom. The van der Waals surface area contributed by atoms with Crippen LogP contribution in [-0.4, -0.2) is 36.1 Å². The van der Waals surface area contributed by atoms with Crippen molar-refractivity contribution in [3.8, 4) is 0 Å². The van der Waals surface area contributed by atoms with Gasteiger partial charge in [0.05, 0.1) is 0 Å². The second-order valence-electron chi connectivity index (χ2n) is 5.52. The van der Waals surface area contributed by atoms with E-state index in [0.717, 1.165) is 6.54 Å². The maximum atomic E-state index is 3.56. The molecular formula is C13H28N2. The Balaban J connectivity index is 2.24. The minimum Gasteiger partial charge on any atom is -0.315 e. The van der Waals surface area contributed by atoms with E-state index in [2.05, 4.69) is 37.9 Å². The Hall–Kier alpha value is -0.0800. The molecule has 2 nitrogen and oxygen atoms in total.